The van der Waals surface area contributed by atoms with E-state index in [4.69, 9.17) is 0 Å². The molecular weight excluding hydrogens is 378 g/mol. The van der Waals surface area contributed by atoms with Gasteiger partial charge in [-0.2, -0.15) is 4.31 Å². The lowest BCUT2D eigenvalue weighted by Crippen LogP contribution is -2.48. The van der Waals surface area contributed by atoms with E-state index in [1.807, 2.05) is 6.92 Å². The van der Waals surface area contributed by atoms with Crippen LogP contribution in [0.3, 0.4) is 0 Å². The van der Waals surface area contributed by atoms with Crippen LogP contribution >= 0.6 is 0 Å². The second-order valence-corrected chi connectivity index (χ2v) is 9.32. The Hall–Kier alpha value is -1.93. The average Bonchev–Trinajstić information content (AvgIpc) is 3.11. The molecule has 2 aliphatic heterocycles. The Bertz CT molecular complexity index is 847. The van der Waals surface area contributed by atoms with Crippen LogP contribution in [0.25, 0.3) is 0 Å². The number of piperidine rings is 1. The van der Waals surface area contributed by atoms with Crippen molar-refractivity contribution in [1.82, 2.24) is 9.62 Å². The number of nitrogens with one attached hydrogen (secondary N) is 1. The van der Waals surface area contributed by atoms with Crippen molar-refractivity contribution in [1.29, 1.82) is 0 Å². The largest absolute Gasteiger partial charge is 0.354 e. The standard InChI is InChI=1S/C20H29N3O4S/c1-3-10-21-20(25)18-14-15-13-16(8-9-17(15)23(18)19(24)4-2)28(26,27)22-11-6-5-7-12-22/h8-9,13,18H,3-7,10-12,14H2,1-2H3,(H,21,25)/t18-/m1/s1. The minimum absolute atomic E-state index is 0.137. The number of anilines is 1. The van der Waals surface area contributed by atoms with E-state index in [1.54, 1.807) is 25.1 Å². The Balaban J connectivity index is 1.92. The smallest absolute Gasteiger partial charge is 0.243 e. The number of hydrogen-bond acceptors (Lipinski definition) is 4. The van der Waals surface area contributed by atoms with Gasteiger partial charge in [-0.25, -0.2) is 8.42 Å². The van der Waals surface area contributed by atoms with Gasteiger partial charge < -0.3 is 5.32 Å². The van der Waals surface area contributed by atoms with E-state index in [-0.39, 0.29) is 23.1 Å². The van der Waals surface area contributed by atoms with E-state index in [1.165, 1.54) is 9.21 Å². The second kappa shape index (κ2) is 8.61. The molecule has 1 atom stereocenters. The Kier molecular flexibility index (Phi) is 6.40. The zero-order chi connectivity index (χ0) is 20.3. The number of carbonyl (C=O) groups is 2. The summed E-state index contributed by atoms with van der Waals surface area (Å²) in [6, 6.07) is 4.25. The van der Waals surface area contributed by atoms with Gasteiger partial charge in [0.05, 0.1) is 4.90 Å². The van der Waals surface area contributed by atoms with Gasteiger partial charge in [0.2, 0.25) is 21.8 Å². The molecule has 0 bridgehead atoms. The quantitative estimate of drug-likeness (QED) is 0.782. The summed E-state index contributed by atoms with van der Waals surface area (Å²) in [5.74, 6) is -0.331. The third kappa shape index (κ3) is 3.93. The lowest BCUT2D eigenvalue weighted by molar-refractivity contribution is -0.126. The van der Waals surface area contributed by atoms with Gasteiger partial charge in [-0.05, 0) is 43.0 Å². The molecule has 2 amide bonds. The summed E-state index contributed by atoms with van der Waals surface area (Å²) in [4.78, 5) is 26.9. The lowest BCUT2D eigenvalue weighted by atomic mass is 10.1. The normalized spacial score (nSPS) is 20.1. The van der Waals surface area contributed by atoms with Crippen molar-refractivity contribution in [2.24, 2.45) is 0 Å². The highest BCUT2D eigenvalue weighted by Crippen LogP contribution is 2.35. The van der Waals surface area contributed by atoms with E-state index in [9.17, 15) is 18.0 Å². The van der Waals surface area contributed by atoms with Crippen molar-refractivity contribution in [3.05, 3.63) is 23.8 Å². The lowest BCUT2D eigenvalue weighted by Gasteiger charge is -2.26. The van der Waals surface area contributed by atoms with Crippen LogP contribution in [-0.2, 0) is 26.0 Å². The van der Waals surface area contributed by atoms with Crippen LogP contribution in [0, 0.1) is 0 Å². The third-order valence-corrected chi connectivity index (χ3v) is 7.31. The topological polar surface area (TPSA) is 86.8 Å². The Morgan fingerprint density at radius 3 is 2.50 bits per heavy atom. The first-order chi connectivity index (χ1) is 13.4. The molecule has 2 aliphatic rings. The zero-order valence-electron chi connectivity index (χ0n) is 16.6. The molecule has 28 heavy (non-hydrogen) atoms. The van der Waals surface area contributed by atoms with Crippen molar-refractivity contribution >= 4 is 27.5 Å². The molecule has 1 aromatic carbocycles. The average molecular weight is 408 g/mol. The number of hydrogen-bond donors (Lipinski definition) is 1. The number of sulfonamides is 1. The van der Waals surface area contributed by atoms with Gasteiger partial charge in [0.25, 0.3) is 0 Å². The number of rotatable bonds is 6. The van der Waals surface area contributed by atoms with Crippen LogP contribution in [0.4, 0.5) is 5.69 Å². The minimum Gasteiger partial charge on any atom is -0.354 e. The van der Waals surface area contributed by atoms with Gasteiger partial charge in [0.15, 0.2) is 0 Å². The van der Waals surface area contributed by atoms with E-state index in [0.717, 1.165) is 31.2 Å². The molecule has 1 aromatic rings. The Labute approximate surface area is 167 Å². The van der Waals surface area contributed by atoms with Crippen LogP contribution in [-0.4, -0.2) is 50.2 Å². The van der Waals surface area contributed by atoms with E-state index >= 15 is 0 Å². The molecule has 8 heteroatoms. The summed E-state index contributed by atoms with van der Waals surface area (Å²) in [5, 5.41) is 2.86. The molecule has 0 aromatic heterocycles. The number of benzene rings is 1. The fourth-order valence-corrected chi connectivity index (χ4v) is 5.47. The second-order valence-electron chi connectivity index (χ2n) is 7.38. The number of fused-ring (bicyclic) bond motifs is 1. The summed E-state index contributed by atoms with van der Waals surface area (Å²) < 4.78 is 27.5. The molecule has 0 spiro atoms. The summed E-state index contributed by atoms with van der Waals surface area (Å²) in [6.07, 6.45) is 4.24. The molecule has 2 heterocycles. The zero-order valence-corrected chi connectivity index (χ0v) is 17.4. The van der Waals surface area contributed by atoms with Crippen LogP contribution < -0.4 is 10.2 Å². The molecule has 0 aliphatic carbocycles. The minimum atomic E-state index is -3.55. The highest BCUT2D eigenvalue weighted by Gasteiger charge is 2.38. The summed E-state index contributed by atoms with van der Waals surface area (Å²) in [6.45, 7) is 5.37. The van der Waals surface area contributed by atoms with Gasteiger partial charge in [-0.3, -0.25) is 14.5 Å². The fraction of sp³-hybridized carbons (Fsp3) is 0.600. The van der Waals surface area contributed by atoms with Gasteiger partial charge in [-0.15, -0.1) is 0 Å². The van der Waals surface area contributed by atoms with Crippen LogP contribution in [0.1, 0.15) is 51.5 Å². The SMILES string of the molecule is CCCNC(=O)[C@H]1Cc2cc(S(=O)(=O)N3CCCCC3)ccc2N1C(=O)CC. The fourth-order valence-electron chi connectivity index (χ4n) is 3.90. The molecule has 3 rings (SSSR count). The molecule has 7 nitrogen and oxygen atoms in total. The van der Waals surface area contributed by atoms with Crippen molar-refractivity contribution in [2.45, 2.75) is 63.3 Å². The highest BCUT2D eigenvalue weighted by molar-refractivity contribution is 7.89. The molecular formula is C20H29N3O4S. The van der Waals surface area contributed by atoms with Crippen molar-refractivity contribution in [3.63, 3.8) is 0 Å². The molecule has 154 valence electrons. The van der Waals surface area contributed by atoms with E-state index in [2.05, 4.69) is 5.32 Å². The number of amides is 2. The summed E-state index contributed by atoms with van der Waals surface area (Å²) >= 11 is 0. The first-order valence-corrected chi connectivity index (χ1v) is 11.6. The molecule has 1 fully saturated rings. The monoisotopic (exact) mass is 407 g/mol. The maximum absolute atomic E-state index is 13.0. The Morgan fingerprint density at radius 1 is 1.14 bits per heavy atom. The highest BCUT2D eigenvalue weighted by atomic mass is 32.2. The molecule has 0 radical (unpaired) electrons. The van der Waals surface area contributed by atoms with Crippen LogP contribution in [0.15, 0.2) is 23.1 Å². The van der Waals surface area contributed by atoms with Gasteiger partial charge in [0, 0.05) is 38.2 Å². The van der Waals surface area contributed by atoms with Crippen molar-refractivity contribution in [2.75, 3.05) is 24.5 Å². The molecule has 0 saturated carbocycles. The molecule has 1 N–H and O–H groups in total. The first kappa shape index (κ1) is 20.8. The van der Waals surface area contributed by atoms with Crippen LogP contribution in [0.2, 0.25) is 0 Å². The van der Waals surface area contributed by atoms with Crippen molar-refractivity contribution < 1.29 is 18.0 Å². The molecule has 1 saturated heterocycles. The van der Waals surface area contributed by atoms with Gasteiger partial charge in [-0.1, -0.05) is 20.3 Å². The predicted octanol–water partition coefficient (Wildman–Crippen LogP) is 2.06. The van der Waals surface area contributed by atoms with Crippen LogP contribution in [0.5, 0.6) is 0 Å². The third-order valence-electron chi connectivity index (χ3n) is 5.41. The maximum atomic E-state index is 13.0. The van der Waals surface area contributed by atoms with Crippen molar-refractivity contribution in [3.8, 4) is 0 Å². The summed E-state index contributed by atoms with van der Waals surface area (Å²) in [5.41, 5.74) is 1.37. The number of carbonyl (C=O) groups excluding carboxylic acids is 2. The number of nitrogens with zero attached hydrogens (tertiary/aromatic N) is 2. The Morgan fingerprint density at radius 2 is 1.86 bits per heavy atom. The maximum Gasteiger partial charge on any atom is 0.243 e. The first-order valence-electron chi connectivity index (χ1n) is 10.1. The predicted molar refractivity (Wildman–Crippen MR) is 108 cm³/mol. The summed E-state index contributed by atoms with van der Waals surface area (Å²) in [7, 11) is -3.55. The molecule has 0 unspecified atom stereocenters. The van der Waals surface area contributed by atoms with E-state index in [0.29, 0.717) is 31.7 Å². The van der Waals surface area contributed by atoms with E-state index < -0.39 is 16.1 Å². The van der Waals surface area contributed by atoms with Gasteiger partial charge in [0.1, 0.15) is 6.04 Å². The van der Waals surface area contributed by atoms with Gasteiger partial charge >= 0.3 is 0 Å².